The van der Waals surface area contributed by atoms with E-state index in [1.54, 1.807) is 0 Å². The number of amides is 1. The van der Waals surface area contributed by atoms with E-state index in [1.807, 2.05) is 17.0 Å². The van der Waals surface area contributed by atoms with Crippen LogP contribution in [0, 0.1) is 0 Å². The Balaban J connectivity index is 1.75. The van der Waals surface area contributed by atoms with Gasteiger partial charge in [0.15, 0.2) is 5.69 Å². The SMILES string of the molecule is O=C(c1ccc(C2CC2)nn1)N1CCCC1. The fraction of sp³-hybridized carbons (Fsp3) is 0.583. The minimum absolute atomic E-state index is 0.0346. The van der Waals surface area contributed by atoms with Crippen molar-refractivity contribution in [1.29, 1.82) is 0 Å². The summed E-state index contributed by atoms with van der Waals surface area (Å²) in [6, 6.07) is 3.77. The lowest BCUT2D eigenvalue weighted by Crippen LogP contribution is -2.28. The molecule has 4 nitrogen and oxygen atoms in total. The van der Waals surface area contributed by atoms with Gasteiger partial charge in [-0.1, -0.05) is 0 Å². The molecular formula is C12H15N3O. The Morgan fingerprint density at radius 1 is 1.19 bits per heavy atom. The molecule has 4 heteroatoms. The van der Waals surface area contributed by atoms with Crippen LogP contribution in [-0.2, 0) is 0 Å². The van der Waals surface area contributed by atoms with Gasteiger partial charge in [0.05, 0.1) is 5.69 Å². The number of carbonyl (C=O) groups excluding carboxylic acids is 1. The molecular weight excluding hydrogens is 202 g/mol. The Labute approximate surface area is 94.7 Å². The number of likely N-dealkylation sites (tertiary alicyclic amines) is 1. The highest BCUT2D eigenvalue weighted by molar-refractivity contribution is 5.92. The molecule has 0 radical (unpaired) electrons. The second-order valence-electron chi connectivity index (χ2n) is 4.62. The topological polar surface area (TPSA) is 46.1 Å². The summed E-state index contributed by atoms with van der Waals surface area (Å²) in [4.78, 5) is 13.8. The highest BCUT2D eigenvalue weighted by Crippen LogP contribution is 2.38. The molecule has 2 aliphatic rings. The molecule has 1 saturated carbocycles. The molecule has 1 aliphatic carbocycles. The molecule has 0 N–H and O–H groups in total. The first-order valence-corrected chi connectivity index (χ1v) is 5.97. The van der Waals surface area contributed by atoms with Gasteiger partial charge in [0, 0.05) is 19.0 Å². The monoisotopic (exact) mass is 217 g/mol. The molecule has 1 aliphatic heterocycles. The number of rotatable bonds is 2. The lowest BCUT2D eigenvalue weighted by atomic mass is 10.2. The van der Waals surface area contributed by atoms with E-state index in [1.165, 1.54) is 12.8 Å². The van der Waals surface area contributed by atoms with E-state index in [4.69, 9.17) is 0 Å². The van der Waals surface area contributed by atoms with E-state index >= 15 is 0 Å². The summed E-state index contributed by atoms with van der Waals surface area (Å²) in [5.41, 5.74) is 1.53. The Kier molecular flexibility index (Phi) is 2.35. The Morgan fingerprint density at radius 3 is 2.50 bits per heavy atom. The third-order valence-corrected chi connectivity index (χ3v) is 3.29. The van der Waals surface area contributed by atoms with Crippen molar-refractivity contribution in [2.75, 3.05) is 13.1 Å². The van der Waals surface area contributed by atoms with Crippen LogP contribution in [0.4, 0.5) is 0 Å². The van der Waals surface area contributed by atoms with Crippen molar-refractivity contribution >= 4 is 5.91 Å². The zero-order chi connectivity index (χ0) is 11.0. The third-order valence-electron chi connectivity index (χ3n) is 3.29. The van der Waals surface area contributed by atoms with E-state index in [2.05, 4.69) is 10.2 Å². The van der Waals surface area contributed by atoms with Crippen LogP contribution >= 0.6 is 0 Å². The van der Waals surface area contributed by atoms with Gasteiger partial charge in [0.1, 0.15) is 0 Å². The third kappa shape index (κ3) is 1.79. The number of hydrogen-bond donors (Lipinski definition) is 0. The lowest BCUT2D eigenvalue weighted by molar-refractivity contribution is 0.0785. The first-order valence-electron chi connectivity index (χ1n) is 5.97. The molecule has 1 aromatic rings. The maximum absolute atomic E-state index is 12.0. The van der Waals surface area contributed by atoms with Gasteiger partial charge < -0.3 is 4.90 Å². The lowest BCUT2D eigenvalue weighted by Gasteiger charge is -2.13. The van der Waals surface area contributed by atoms with Gasteiger partial charge in [0.2, 0.25) is 0 Å². The summed E-state index contributed by atoms with van der Waals surface area (Å²) in [6.07, 6.45) is 4.65. The zero-order valence-electron chi connectivity index (χ0n) is 9.22. The molecule has 16 heavy (non-hydrogen) atoms. The van der Waals surface area contributed by atoms with Crippen molar-refractivity contribution in [3.05, 3.63) is 23.5 Å². The minimum Gasteiger partial charge on any atom is -0.337 e. The maximum atomic E-state index is 12.0. The molecule has 1 aromatic heterocycles. The van der Waals surface area contributed by atoms with Crippen molar-refractivity contribution < 1.29 is 4.79 Å². The van der Waals surface area contributed by atoms with E-state index in [-0.39, 0.29) is 5.91 Å². The molecule has 3 rings (SSSR count). The minimum atomic E-state index is 0.0346. The Bertz CT molecular complexity index is 391. The largest absolute Gasteiger partial charge is 0.337 e. The number of hydrogen-bond acceptors (Lipinski definition) is 3. The van der Waals surface area contributed by atoms with Gasteiger partial charge in [-0.15, -0.1) is 5.10 Å². The predicted molar refractivity (Wildman–Crippen MR) is 59.1 cm³/mol. The van der Waals surface area contributed by atoms with Crippen molar-refractivity contribution in [2.24, 2.45) is 0 Å². The van der Waals surface area contributed by atoms with Crippen LogP contribution in [0.1, 0.15) is 47.8 Å². The van der Waals surface area contributed by atoms with Crippen molar-refractivity contribution in [2.45, 2.75) is 31.6 Å². The van der Waals surface area contributed by atoms with Crippen LogP contribution in [0.5, 0.6) is 0 Å². The Morgan fingerprint density at radius 2 is 1.94 bits per heavy atom. The fourth-order valence-electron chi connectivity index (χ4n) is 2.14. The average molecular weight is 217 g/mol. The van der Waals surface area contributed by atoms with Crippen molar-refractivity contribution in [3.63, 3.8) is 0 Å². The normalized spacial score (nSPS) is 20.1. The van der Waals surface area contributed by atoms with Gasteiger partial charge in [-0.3, -0.25) is 4.79 Å². The van der Waals surface area contributed by atoms with Crippen LogP contribution in [-0.4, -0.2) is 34.1 Å². The molecule has 0 unspecified atom stereocenters. The quantitative estimate of drug-likeness (QED) is 0.755. The Hall–Kier alpha value is -1.45. The molecule has 0 spiro atoms. The molecule has 0 bridgehead atoms. The van der Waals surface area contributed by atoms with Gasteiger partial charge in [-0.05, 0) is 37.8 Å². The molecule has 0 atom stereocenters. The van der Waals surface area contributed by atoms with Crippen LogP contribution < -0.4 is 0 Å². The summed E-state index contributed by atoms with van der Waals surface area (Å²) in [6.45, 7) is 1.73. The second kappa shape index (κ2) is 3.85. The predicted octanol–water partition coefficient (Wildman–Crippen LogP) is 1.59. The van der Waals surface area contributed by atoms with E-state index in [9.17, 15) is 4.79 Å². The van der Waals surface area contributed by atoms with Gasteiger partial charge in [0.25, 0.3) is 5.91 Å². The van der Waals surface area contributed by atoms with E-state index in [0.717, 1.165) is 31.6 Å². The standard InChI is InChI=1S/C12H15N3O/c16-12(15-7-1-2-8-15)11-6-5-10(13-14-11)9-3-4-9/h5-6,9H,1-4,7-8H2. The highest BCUT2D eigenvalue weighted by atomic mass is 16.2. The number of carbonyl (C=O) groups is 1. The first-order chi connectivity index (χ1) is 7.84. The van der Waals surface area contributed by atoms with Crippen molar-refractivity contribution in [1.82, 2.24) is 15.1 Å². The van der Waals surface area contributed by atoms with E-state index < -0.39 is 0 Å². The van der Waals surface area contributed by atoms with E-state index in [0.29, 0.717) is 11.6 Å². The average Bonchev–Trinajstić information content (AvgIpc) is 3.04. The molecule has 2 heterocycles. The zero-order valence-corrected chi connectivity index (χ0v) is 9.22. The summed E-state index contributed by atoms with van der Waals surface area (Å²) >= 11 is 0. The maximum Gasteiger partial charge on any atom is 0.274 e. The van der Waals surface area contributed by atoms with Crippen LogP contribution in [0.15, 0.2) is 12.1 Å². The number of aromatic nitrogens is 2. The van der Waals surface area contributed by atoms with Gasteiger partial charge in [-0.2, -0.15) is 5.10 Å². The van der Waals surface area contributed by atoms with Crippen LogP contribution in [0.2, 0.25) is 0 Å². The summed E-state index contributed by atoms with van der Waals surface area (Å²) in [7, 11) is 0. The van der Waals surface area contributed by atoms with Crippen molar-refractivity contribution in [3.8, 4) is 0 Å². The van der Waals surface area contributed by atoms with Gasteiger partial charge in [-0.25, -0.2) is 0 Å². The first kappa shape index (κ1) is 9.75. The molecule has 2 fully saturated rings. The molecule has 1 saturated heterocycles. The molecule has 0 aromatic carbocycles. The highest BCUT2D eigenvalue weighted by Gasteiger charge is 2.26. The fourth-order valence-corrected chi connectivity index (χ4v) is 2.14. The van der Waals surface area contributed by atoms with Crippen LogP contribution in [0.3, 0.4) is 0 Å². The summed E-state index contributed by atoms with van der Waals surface area (Å²) in [5.74, 6) is 0.635. The smallest absolute Gasteiger partial charge is 0.274 e. The molecule has 1 amide bonds. The summed E-state index contributed by atoms with van der Waals surface area (Å²) < 4.78 is 0. The number of nitrogens with zero attached hydrogens (tertiary/aromatic N) is 3. The molecule has 84 valence electrons. The second-order valence-corrected chi connectivity index (χ2v) is 4.62. The summed E-state index contributed by atoms with van der Waals surface area (Å²) in [5, 5.41) is 8.18. The van der Waals surface area contributed by atoms with Gasteiger partial charge >= 0.3 is 0 Å². The van der Waals surface area contributed by atoms with Crippen LogP contribution in [0.25, 0.3) is 0 Å².